The summed E-state index contributed by atoms with van der Waals surface area (Å²) in [6, 6.07) is 13.7. The Bertz CT molecular complexity index is 811. The van der Waals surface area contributed by atoms with E-state index in [1.54, 1.807) is 19.1 Å². The van der Waals surface area contributed by atoms with Gasteiger partial charge in [-0.3, -0.25) is 0 Å². The molecule has 0 bridgehead atoms. The zero-order valence-corrected chi connectivity index (χ0v) is 16.3. The second kappa shape index (κ2) is 8.70. The number of aliphatic hydroxyl groups excluding tert-OH is 1. The molecule has 1 fully saturated rings. The number of benzene rings is 2. The molecule has 150 valence electrons. The van der Waals surface area contributed by atoms with Gasteiger partial charge in [-0.15, -0.1) is 0 Å². The zero-order valence-electron chi connectivity index (χ0n) is 16.3. The first kappa shape index (κ1) is 19.5. The molecule has 0 saturated carbocycles. The zero-order chi connectivity index (χ0) is 19.5. The Hall–Kier alpha value is -1.79. The molecule has 2 aromatic rings. The van der Waals surface area contributed by atoms with Crippen LogP contribution in [0.15, 0.2) is 42.5 Å². The molecule has 1 heterocycles. The minimum absolute atomic E-state index is 0.0884. The lowest BCUT2D eigenvalue weighted by atomic mass is 9.87. The summed E-state index contributed by atoms with van der Waals surface area (Å²) in [5, 5.41) is 15.9. The number of hydrogen-bond acceptors (Lipinski definition) is 4. The summed E-state index contributed by atoms with van der Waals surface area (Å²) >= 11 is 0. The summed E-state index contributed by atoms with van der Waals surface area (Å²) in [6.07, 6.45) is 1.46. The summed E-state index contributed by atoms with van der Waals surface area (Å²) in [5.74, 6) is 0.0669. The molecule has 4 unspecified atom stereocenters. The predicted octanol–water partition coefficient (Wildman–Crippen LogP) is 2.90. The van der Waals surface area contributed by atoms with Gasteiger partial charge in [0.1, 0.15) is 5.82 Å². The van der Waals surface area contributed by atoms with Gasteiger partial charge in [0, 0.05) is 32.1 Å². The van der Waals surface area contributed by atoms with E-state index in [0.29, 0.717) is 6.54 Å². The highest BCUT2D eigenvalue weighted by molar-refractivity contribution is 5.45. The van der Waals surface area contributed by atoms with E-state index >= 15 is 0 Å². The van der Waals surface area contributed by atoms with Crippen molar-refractivity contribution in [3.8, 4) is 0 Å². The van der Waals surface area contributed by atoms with E-state index in [1.807, 2.05) is 6.07 Å². The van der Waals surface area contributed by atoms with Crippen LogP contribution in [0.4, 0.5) is 4.39 Å². The Kier molecular flexibility index (Phi) is 6.07. The van der Waals surface area contributed by atoms with E-state index in [9.17, 15) is 9.50 Å². The highest BCUT2D eigenvalue weighted by Gasteiger charge is 2.40. The Morgan fingerprint density at radius 1 is 1.11 bits per heavy atom. The minimum Gasteiger partial charge on any atom is -0.392 e. The van der Waals surface area contributed by atoms with Crippen LogP contribution in [-0.2, 0) is 11.2 Å². The third-order valence-corrected chi connectivity index (χ3v) is 5.76. The molecule has 3 N–H and O–H groups in total. The highest BCUT2D eigenvalue weighted by atomic mass is 19.1. The number of aliphatic hydroxyl groups is 1. The van der Waals surface area contributed by atoms with Gasteiger partial charge in [0.2, 0.25) is 0 Å². The summed E-state index contributed by atoms with van der Waals surface area (Å²) in [6.45, 7) is 4.78. The maximum absolute atomic E-state index is 14.0. The molecule has 0 radical (unpaired) electrons. The topological polar surface area (TPSA) is 53.5 Å². The molecular formula is C23H29FN2O2. The highest BCUT2D eigenvalue weighted by Crippen LogP contribution is 2.49. The molecule has 1 saturated heterocycles. The van der Waals surface area contributed by atoms with Crippen molar-refractivity contribution in [1.29, 1.82) is 0 Å². The Labute approximate surface area is 166 Å². The van der Waals surface area contributed by atoms with Gasteiger partial charge in [0.05, 0.1) is 18.3 Å². The molecule has 0 amide bonds. The molecular weight excluding hydrogens is 355 g/mol. The number of nitrogens with one attached hydrogen (secondary N) is 2. The summed E-state index contributed by atoms with van der Waals surface area (Å²) in [7, 11) is 0. The van der Waals surface area contributed by atoms with Gasteiger partial charge in [-0.25, -0.2) is 4.39 Å². The molecule has 0 aromatic heterocycles. The van der Waals surface area contributed by atoms with E-state index in [2.05, 4.69) is 34.9 Å². The third-order valence-electron chi connectivity index (χ3n) is 5.76. The molecule has 4 atom stereocenters. The molecule has 4 rings (SSSR count). The average Bonchev–Trinajstić information content (AvgIpc) is 3.05. The fourth-order valence-corrected chi connectivity index (χ4v) is 4.48. The lowest BCUT2D eigenvalue weighted by Crippen LogP contribution is -2.35. The van der Waals surface area contributed by atoms with Crippen molar-refractivity contribution in [2.45, 2.75) is 44.0 Å². The largest absolute Gasteiger partial charge is 0.392 e. The molecule has 1 aliphatic carbocycles. The Morgan fingerprint density at radius 3 is 2.75 bits per heavy atom. The number of rotatable bonds is 7. The first-order valence-corrected chi connectivity index (χ1v) is 10.2. The monoisotopic (exact) mass is 384 g/mol. The molecule has 0 spiro atoms. The Balaban J connectivity index is 1.46. The molecule has 2 aliphatic rings. The van der Waals surface area contributed by atoms with Crippen LogP contribution in [-0.4, -0.2) is 43.5 Å². The van der Waals surface area contributed by atoms with Crippen molar-refractivity contribution in [3.05, 3.63) is 70.5 Å². The predicted molar refractivity (Wildman–Crippen MR) is 108 cm³/mol. The SMILES string of the molecule is CC(O)CNCCNCC1CC2c3ccccc3Cc3ccc(F)cc3C2O1. The number of hydrogen-bond donors (Lipinski definition) is 3. The van der Waals surface area contributed by atoms with E-state index in [4.69, 9.17) is 4.74 Å². The van der Waals surface area contributed by atoms with Crippen molar-refractivity contribution >= 4 is 0 Å². The lowest BCUT2D eigenvalue weighted by Gasteiger charge is -2.19. The second-order valence-electron chi connectivity index (χ2n) is 8.00. The fourth-order valence-electron chi connectivity index (χ4n) is 4.48. The van der Waals surface area contributed by atoms with Crippen molar-refractivity contribution in [2.75, 3.05) is 26.2 Å². The first-order valence-electron chi connectivity index (χ1n) is 10.2. The normalized spacial score (nSPS) is 24.2. The van der Waals surface area contributed by atoms with Crippen molar-refractivity contribution < 1.29 is 14.2 Å². The minimum atomic E-state index is -0.328. The van der Waals surface area contributed by atoms with Gasteiger partial charge in [-0.05, 0) is 54.2 Å². The first-order chi connectivity index (χ1) is 13.6. The maximum Gasteiger partial charge on any atom is 0.123 e. The van der Waals surface area contributed by atoms with Gasteiger partial charge < -0.3 is 20.5 Å². The summed E-state index contributed by atoms with van der Waals surface area (Å²) in [4.78, 5) is 0. The fraction of sp³-hybridized carbons (Fsp3) is 0.478. The van der Waals surface area contributed by atoms with Crippen LogP contribution in [0.1, 0.15) is 47.6 Å². The number of fused-ring (bicyclic) bond motifs is 5. The van der Waals surface area contributed by atoms with Crippen molar-refractivity contribution in [2.24, 2.45) is 0 Å². The molecule has 5 heteroatoms. The summed E-state index contributed by atoms with van der Waals surface area (Å²) in [5.41, 5.74) is 4.83. The number of halogens is 1. The van der Waals surface area contributed by atoms with Crippen molar-refractivity contribution in [3.63, 3.8) is 0 Å². The van der Waals surface area contributed by atoms with Crippen LogP contribution in [0.2, 0.25) is 0 Å². The third kappa shape index (κ3) is 4.28. The standard InChI is InChI=1S/C23H29FN2O2/c1-15(27)13-25-8-9-26-14-19-12-22-20-5-3-2-4-16(20)10-17-6-7-18(24)11-21(17)23(22)28-19/h2-7,11,15,19,22-23,25-27H,8-10,12-14H2,1H3. The molecule has 28 heavy (non-hydrogen) atoms. The van der Waals surface area contributed by atoms with E-state index in [1.165, 1.54) is 11.1 Å². The average molecular weight is 384 g/mol. The quantitative estimate of drug-likeness (QED) is 0.643. The van der Waals surface area contributed by atoms with Gasteiger partial charge in [0.25, 0.3) is 0 Å². The Morgan fingerprint density at radius 2 is 1.89 bits per heavy atom. The summed E-state index contributed by atoms with van der Waals surface area (Å²) < 4.78 is 20.4. The molecule has 4 nitrogen and oxygen atoms in total. The number of ether oxygens (including phenoxy) is 1. The van der Waals surface area contributed by atoms with Gasteiger partial charge in [0.15, 0.2) is 0 Å². The van der Waals surface area contributed by atoms with Crippen LogP contribution in [0.3, 0.4) is 0 Å². The van der Waals surface area contributed by atoms with Crippen LogP contribution in [0, 0.1) is 5.82 Å². The molecule has 2 aromatic carbocycles. The van der Waals surface area contributed by atoms with Crippen LogP contribution < -0.4 is 10.6 Å². The van der Waals surface area contributed by atoms with E-state index < -0.39 is 0 Å². The lowest BCUT2D eigenvalue weighted by molar-refractivity contribution is 0.0408. The van der Waals surface area contributed by atoms with E-state index in [0.717, 1.165) is 43.6 Å². The van der Waals surface area contributed by atoms with Crippen molar-refractivity contribution in [1.82, 2.24) is 10.6 Å². The second-order valence-corrected chi connectivity index (χ2v) is 8.00. The molecule has 1 aliphatic heterocycles. The maximum atomic E-state index is 14.0. The van der Waals surface area contributed by atoms with Crippen LogP contribution in [0.5, 0.6) is 0 Å². The van der Waals surface area contributed by atoms with Gasteiger partial charge >= 0.3 is 0 Å². The van der Waals surface area contributed by atoms with Gasteiger partial charge in [-0.1, -0.05) is 30.3 Å². The van der Waals surface area contributed by atoms with Crippen LogP contribution >= 0.6 is 0 Å². The smallest absolute Gasteiger partial charge is 0.123 e. The van der Waals surface area contributed by atoms with Gasteiger partial charge in [-0.2, -0.15) is 0 Å². The van der Waals surface area contributed by atoms with E-state index in [-0.39, 0.29) is 30.0 Å². The van der Waals surface area contributed by atoms with Crippen LogP contribution in [0.25, 0.3) is 0 Å².